The Kier molecular flexibility index (Phi) is 6.42. The molecule has 0 spiro atoms. The van der Waals surface area contributed by atoms with E-state index in [2.05, 4.69) is 5.32 Å². The van der Waals surface area contributed by atoms with Crippen molar-refractivity contribution < 1.29 is 28.4 Å². The number of carbonyl (C=O) groups excluding carboxylic acids is 2. The van der Waals surface area contributed by atoms with Crippen LogP contribution in [0.4, 0.5) is 15.8 Å². The zero-order valence-corrected chi connectivity index (χ0v) is 14.7. The molecule has 0 saturated heterocycles. The molecule has 0 aliphatic rings. The van der Waals surface area contributed by atoms with Gasteiger partial charge in [-0.3, -0.25) is 14.9 Å². The van der Waals surface area contributed by atoms with Gasteiger partial charge in [-0.1, -0.05) is 6.07 Å². The molecule has 2 aromatic rings. The summed E-state index contributed by atoms with van der Waals surface area (Å²) in [7, 11) is 0. The normalized spacial score (nSPS) is 10.2. The largest absolute Gasteiger partial charge is 0.482 e. The fourth-order valence-corrected chi connectivity index (χ4v) is 2.15. The van der Waals surface area contributed by atoms with E-state index < -0.39 is 35.8 Å². The maximum absolute atomic E-state index is 12.8. The van der Waals surface area contributed by atoms with Crippen molar-refractivity contribution in [1.82, 2.24) is 0 Å². The SMILES string of the molecule is Cc1ccc([N+](=O)[O-])c(NC(=O)COC(=O)COc2ccc(F)cc2)c1C. The second kappa shape index (κ2) is 8.75. The van der Waals surface area contributed by atoms with Crippen molar-refractivity contribution in [2.45, 2.75) is 13.8 Å². The fourth-order valence-electron chi connectivity index (χ4n) is 2.15. The molecule has 0 saturated carbocycles. The molecule has 1 N–H and O–H groups in total. The van der Waals surface area contributed by atoms with E-state index in [0.717, 1.165) is 5.56 Å². The molecule has 0 unspecified atom stereocenters. The molecule has 0 radical (unpaired) electrons. The lowest BCUT2D eigenvalue weighted by molar-refractivity contribution is -0.384. The lowest BCUT2D eigenvalue weighted by Gasteiger charge is -2.11. The number of anilines is 1. The summed E-state index contributed by atoms with van der Waals surface area (Å²) >= 11 is 0. The van der Waals surface area contributed by atoms with Crippen molar-refractivity contribution in [3.63, 3.8) is 0 Å². The molecule has 0 atom stereocenters. The maximum atomic E-state index is 12.8. The van der Waals surface area contributed by atoms with Gasteiger partial charge in [0.2, 0.25) is 0 Å². The molecule has 0 aliphatic heterocycles. The lowest BCUT2D eigenvalue weighted by Crippen LogP contribution is -2.24. The Balaban J connectivity index is 1.89. The van der Waals surface area contributed by atoms with E-state index in [1.54, 1.807) is 19.9 Å². The first-order chi connectivity index (χ1) is 12.8. The van der Waals surface area contributed by atoms with E-state index in [4.69, 9.17) is 9.47 Å². The molecule has 0 bridgehead atoms. The highest BCUT2D eigenvalue weighted by molar-refractivity contribution is 5.96. The lowest BCUT2D eigenvalue weighted by atomic mass is 10.1. The number of nitrogens with one attached hydrogen (secondary N) is 1. The number of hydrogen-bond acceptors (Lipinski definition) is 6. The summed E-state index contributed by atoms with van der Waals surface area (Å²) in [6.07, 6.45) is 0. The first-order valence-corrected chi connectivity index (χ1v) is 7.86. The highest BCUT2D eigenvalue weighted by Crippen LogP contribution is 2.30. The number of ether oxygens (including phenoxy) is 2. The Bertz CT molecular complexity index is 867. The zero-order chi connectivity index (χ0) is 20.0. The van der Waals surface area contributed by atoms with E-state index in [1.165, 1.54) is 30.3 Å². The summed E-state index contributed by atoms with van der Waals surface area (Å²) in [5, 5.41) is 13.5. The number of nitrogens with zero attached hydrogens (tertiary/aromatic N) is 1. The van der Waals surface area contributed by atoms with Crippen molar-refractivity contribution >= 4 is 23.3 Å². The number of carbonyl (C=O) groups is 2. The van der Waals surface area contributed by atoms with Gasteiger partial charge in [-0.15, -0.1) is 0 Å². The van der Waals surface area contributed by atoms with E-state index in [9.17, 15) is 24.1 Å². The van der Waals surface area contributed by atoms with Gasteiger partial charge in [-0.05, 0) is 49.2 Å². The van der Waals surface area contributed by atoms with Crippen LogP contribution in [0.15, 0.2) is 36.4 Å². The first kappa shape index (κ1) is 19.8. The van der Waals surface area contributed by atoms with E-state index in [0.29, 0.717) is 5.56 Å². The number of rotatable bonds is 7. The number of benzene rings is 2. The van der Waals surface area contributed by atoms with Gasteiger partial charge in [-0.2, -0.15) is 0 Å². The zero-order valence-electron chi connectivity index (χ0n) is 14.7. The second-order valence-corrected chi connectivity index (χ2v) is 5.61. The number of amides is 1. The van der Waals surface area contributed by atoms with Crippen LogP contribution in [0.3, 0.4) is 0 Å². The van der Waals surface area contributed by atoms with Crippen LogP contribution < -0.4 is 10.1 Å². The minimum Gasteiger partial charge on any atom is -0.482 e. The Morgan fingerprint density at radius 2 is 1.78 bits per heavy atom. The Morgan fingerprint density at radius 1 is 1.11 bits per heavy atom. The molecule has 0 aliphatic carbocycles. The molecule has 0 fully saturated rings. The summed E-state index contributed by atoms with van der Waals surface area (Å²) in [4.78, 5) is 34.1. The standard InChI is InChI=1S/C18H17FN2O6/c1-11-3-8-15(21(24)25)18(12(11)2)20-16(22)9-27-17(23)10-26-14-6-4-13(19)5-7-14/h3-8H,9-10H2,1-2H3,(H,20,22). The Labute approximate surface area is 154 Å². The highest BCUT2D eigenvalue weighted by atomic mass is 19.1. The Morgan fingerprint density at radius 3 is 2.41 bits per heavy atom. The van der Waals surface area contributed by atoms with Gasteiger partial charge in [0.15, 0.2) is 13.2 Å². The van der Waals surface area contributed by atoms with Gasteiger partial charge >= 0.3 is 5.97 Å². The van der Waals surface area contributed by atoms with Crippen molar-refractivity contribution in [2.24, 2.45) is 0 Å². The average Bonchev–Trinajstić information content (AvgIpc) is 2.63. The van der Waals surface area contributed by atoms with Crippen molar-refractivity contribution in [3.8, 4) is 5.75 Å². The van der Waals surface area contributed by atoms with Gasteiger partial charge in [0.25, 0.3) is 11.6 Å². The number of nitro groups is 1. The smallest absolute Gasteiger partial charge is 0.344 e. The van der Waals surface area contributed by atoms with Crippen molar-refractivity contribution in [2.75, 3.05) is 18.5 Å². The van der Waals surface area contributed by atoms with E-state index >= 15 is 0 Å². The Hall–Kier alpha value is -3.49. The molecular formula is C18H17FN2O6. The van der Waals surface area contributed by atoms with Gasteiger partial charge in [0.05, 0.1) is 4.92 Å². The molecule has 9 heteroatoms. The molecule has 27 heavy (non-hydrogen) atoms. The second-order valence-electron chi connectivity index (χ2n) is 5.61. The summed E-state index contributed by atoms with van der Waals surface area (Å²) in [5.74, 6) is -1.71. The third-order valence-corrected chi connectivity index (χ3v) is 3.71. The van der Waals surface area contributed by atoms with Gasteiger partial charge in [-0.25, -0.2) is 9.18 Å². The molecule has 2 aromatic carbocycles. The predicted molar refractivity (Wildman–Crippen MR) is 94.1 cm³/mol. The van der Waals surface area contributed by atoms with Crippen LogP contribution in [0.5, 0.6) is 5.75 Å². The first-order valence-electron chi connectivity index (χ1n) is 7.86. The van der Waals surface area contributed by atoms with E-state index in [-0.39, 0.29) is 17.1 Å². The third kappa shape index (κ3) is 5.50. The van der Waals surface area contributed by atoms with Gasteiger partial charge in [0.1, 0.15) is 17.3 Å². The van der Waals surface area contributed by atoms with Crippen LogP contribution in [-0.2, 0) is 14.3 Å². The molecule has 142 valence electrons. The van der Waals surface area contributed by atoms with Crippen molar-refractivity contribution in [1.29, 1.82) is 0 Å². The van der Waals surface area contributed by atoms with Crippen molar-refractivity contribution in [3.05, 3.63) is 63.5 Å². The minimum atomic E-state index is -0.815. The number of hydrogen-bond donors (Lipinski definition) is 1. The van der Waals surface area contributed by atoms with Crippen LogP contribution in [-0.4, -0.2) is 30.0 Å². The molecule has 0 aromatic heterocycles. The topological polar surface area (TPSA) is 108 Å². The van der Waals surface area contributed by atoms with Crippen LogP contribution >= 0.6 is 0 Å². The number of aryl methyl sites for hydroxylation is 1. The maximum Gasteiger partial charge on any atom is 0.344 e. The molecule has 2 rings (SSSR count). The van der Waals surface area contributed by atoms with Gasteiger partial charge < -0.3 is 14.8 Å². The summed E-state index contributed by atoms with van der Waals surface area (Å²) in [6.45, 7) is 2.29. The van der Waals surface area contributed by atoms with Crippen LogP contribution in [0, 0.1) is 29.8 Å². The van der Waals surface area contributed by atoms with Gasteiger partial charge in [0, 0.05) is 6.07 Å². The summed E-state index contributed by atoms with van der Waals surface area (Å²) < 4.78 is 22.6. The molecule has 8 nitrogen and oxygen atoms in total. The predicted octanol–water partition coefficient (Wildman–Crippen LogP) is 2.91. The number of nitro benzene ring substituents is 1. The number of esters is 1. The summed E-state index contributed by atoms with van der Waals surface area (Å²) in [6, 6.07) is 7.90. The van der Waals surface area contributed by atoms with E-state index in [1.807, 2.05) is 0 Å². The van der Waals surface area contributed by atoms with Crippen LogP contribution in [0.2, 0.25) is 0 Å². The highest BCUT2D eigenvalue weighted by Gasteiger charge is 2.20. The van der Waals surface area contributed by atoms with Crippen LogP contribution in [0.1, 0.15) is 11.1 Å². The molecular weight excluding hydrogens is 359 g/mol. The molecule has 1 amide bonds. The average molecular weight is 376 g/mol. The fraction of sp³-hybridized carbons (Fsp3) is 0.222. The third-order valence-electron chi connectivity index (χ3n) is 3.71. The number of halogens is 1. The monoisotopic (exact) mass is 376 g/mol. The summed E-state index contributed by atoms with van der Waals surface area (Å²) in [5.41, 5.74) is 1.12. The quantitative estimate of drug-likeness (QED) is 0.452. The molecule has 0 heterocycles. The van der Waals surface area contributed by atoms with Crippen LogP contribution in [0.25, 0.3) is 0 Å². The minimum absolute atomic E-state index is 0.0589.